The zero-order chi connectivity index (χ0) is 18.3. The minimum absolute atomic E-state index is 0.136. The molecule has 1 N–H and O–H groups in total. The molecule has 5 nitrogen and oxygen atoms in total. The molecule has 0 radical (unpaired) electrons. The van der Waals surface area contributed by atoms with Gasteiger partial charge < -0.3 is 10.0 Å². The monoisotopic (exact) mass is 347 g/mol. The van der Waals surface area contributed by atoms with Crippen molar-refractivity contribution in [2.24, 2.45) is 13.0 Å². The highest BCUT2D eigenvalue weighted by molar-refractivity contribution is 5.95. The van der Waals surface area contributed by atoms with Gasteiger partial charge in [-0.05, 0) is 18.8 Å². The number of piperidine rings is 1. The molecule has 1 aromatic heterocycles. The van der Waals surface area contributed by atoms with Crippen LogP contribution in [0.25, 0.3) is 0 Å². The van der Waals surface area contributed by atoms with E-state index in [-0.39, 0.29) is 37.3 Å². The van der Waals surface area contributed by atoms with Crippen molar-refractivity contribution in [1.82, 2.24) is 14.7 Å². The highest BCUT2D eigenvalue weighted by Gasteiger charge is 2.44. The van der Waals surface area contributed by atoms with E-state index in [2.05, 4.69) is 5.10 Å². The molecule has 0 aliphatic carbocycles. The molecule has 0 saturated carbocycles. The molecule has 0 aromatic carbocycles. The Morgan fingerprint density at radius 2 is 1.83 bits per heavy atom. The molecule has 0 bridgehead atoms. The molecule has 2 heterocycles. The first-order valence-corrected chi connectivity index (χ1v) is 7.99. The minimum atomic E-state index is -4.61. The van der Waals surface area contributed by atoms with E-state index in [1.807, 2.05) is 20.8 Å². The van der Waals surface area contributed by atoms with Crippen molar-refractivity contribution >= 4 is 5.91 Å². The third-order valence-corrected chi connectivity index (χ3v) is 4.38. The molecule has 1 atom stereocenters. The number of aryl methyl sites for hydroxylation is 1. The van der Waals surface area contributed by atoms with Gasteiger partial charge in [0.1, 0.15) is 0 Å². The molecule has 1 saturated heterocycles. The molecule has 8 heteroatoms. The number of alkyl halides is 3. The van der Waals surface area contributed by atoms with E-state index >= 15 is 0 Å². The molecular weight excluding hydrogens is 323 g/mol. The van der Waals surface area contributed by atoms with Crippen LogP contribution in [0.2, 0.25) is 0 Å². The van der Waals surface area contributed by atoms with Gasteiger partial charge in [0.15, 0.2) is 6.10 Å². The van der Waals surface area contributed by atoms with Crippen LogP contribution in [-0.4, -0.2) is 51.1 Å². The van der Waals surface area contributed by atoms with E-state index in [1.165, 1.54) is 0 Å². The Morgan fingerprint density at radius 3 is 2.29 bits per heavy atom. The summed E-state index contributed by atoms with van der Waals surface area (Å²) in [4.78, 5) is 14.3. The van der Waals surface area contributed by atoms with E-state index in [1.54, 1.807) is 22.8 Å². The molecule has 1 amide bonds. The van der Waals surface area contributed by atoms with Crippen LogP contribution < -0.4 is 0 Å². The van der Waals surface area contributed by atoms with Crippen LogP contribution in [-0.2, 0) is 12.5 Å². The lowest BCUT2D eigenvalue weighted by Gasteiger charge is -2.35. The van der Waals surface area contributed by atoms with Crippen LogP contribution in [0, 0.1) is 5.92 Å². The Kier molecular flexibility index (Phi) is 4.99. The fourth-order valence-corrected chi connectivity index (χ4v) is 3.05. The van der Waals surface area contributed by atoms with Gasteiger partial charge >= 0.3 is 6.18 Å². The first-order chi connectivity index (χ1) is 10.9. The van der Waals surface area contributed by atoms with Crippen molar-refractivity contribution in [3.63, 3.8) is 0 Å². The molecule has 1 aliphatic rings. The number of hydrogen-bond acceptors (Lipinski definition) is 3. The standard InChI is InChI=1S/C16H24F3N3O2/c1-15(2,3)12-11(9-21(4)20-12)14(24)22-7-5-10(6-8-22)13(23)16(17,18)19/h9-10,13,23H,5-8H2,1-4H3. The number of amides is 1. The summed E-state index contributed by atoms with van der Waals surface area (Å²) < 4.78 is 39.4. The second-order valence-corrected chi connectivity index (χ2v) is 7.43. The maximum Gasteiger partial charge on any atom is 0.414 e. The first-order valence-electron chi connectivity index (χ1n) is 7.99. The van der Waals surface area contributed by atoms with E-state index in [0.717, 1.165) is 0 Å². The van der Waals surface area contributed by atoms with Crippen molar-refractivity contribution in [2.75, 3.05) is 13.1 Å². The summed E-state index contributed by atoms with van der Waals surface area (Å²) in [6.07, 6.45) is -5.01. The van der Waals surface area contributed by atoms with Gasteiger partial charge in [-0.1, -0.05) is 20.8 Å². The summed E-state index contributed by atoms with van der Waals surface area (Å²) in [7, 11) is 1.73. The number of aliphatic hydroxyl groups excluding tert-OH is 1. The van der Waals surface area contributed by atoms with Crippen molar-refractivity contribution in [3.8, 4) is 0 Å². The number of halogens is 3. The lowest BCUT2D eigenvalue weighted by molar-refractivity contribution is -0.222. The second-order valence-electron chi connectivity index (χ2n) is 7.43. The predicted molar refractivity (Wildman–Crippen MR) is 82.6 cm³/mol. The number of hydrogen-bond donors (Lipinski definition) is 1. The average Bonchev–Trinajstić information content (AvgIpc) is 2.87. The van der Waals surface area contributed by atoms with E-state index in [4.69, 9.17) is 0 Å². The number of aliphatic hydroxyl groups is 1. The molecule has 1 fully saturated rings. The Hall–Kier alpha value is -1.57. The fourth-order valence-electron chi connectivity index (χ4n) is 3.05. The number of aromatic nitrogens is 2. The quantitative estimate of drug-likeness (QED) is 0.894. The summed E-state index contributed by atoms with van der Waals surface area (Å²) in [5.74, 6) is -1.07. The van der Waals surface area contributed by atoms with E-state index in [9.17, 15) is 23.1 Å². The third kappa shape index (κ3) is 3.91. The number of carbonyl (C=O) groups is 1. The largest absolute Gasteiger partial charge is 0.414 e. The highest BCUT2D eigenvalue weighted by Crippen LogP contribution is 2.32. The predicted octanol–water partition coefficient (Wildman–Crippen LogP) is 2.49. The van der Waals surface area contributed by atoms with Gasteiger partial charge in [0.05, 0.1) is 11.3 Å². The molecule has 0 spiro atoms. The average molecular weight is 347 g/mol. The zero-order valence-corrected chi connectivity index (χ0v) is 14.4. The first kappa shape index (κ1) is 18.8. The maximum absolute atomic E-state index is 12.7. The van der Waals surface area contributed by atoms with Gasteiger partial charge in [-0.25, -0.2) is 0 Å². The van der Waals surface area contributed by atoms with Crippen molar-refractivity contribution in [3.05, 3.63) is 17.5 Å². The van der Waals surface area contributed by atoms with Crippen molar-refractivity contribution in [1.29, 1.82) is 0 Å². The SMILES string of the molecule is Cn1cc(C(=O)N2CCC(C(O)C(F)(F)F)CC2)c(C(C)(C)C)n1. The lowest BCUT2D eigenvalue weighted by Crippen LogP contribution is -2.45. The second kappa shape index (κ2) is 6.38. The fraction of sp³-hybridized carbons (Fsp3) is 0.750. The summed E-state index contributed by atoms with van der Waals surface area (Å²) in [5, 5.41) is 13.7. The number of rotatable bonds is 2. The van der Waals surface area contributed by atoms with Crippen molar-refractivity contribution in [2.45, 2.75) is 51.3 Å². The minimum Gasteiger partial charge on any atom is -0.383 e. The van der Waals surface area contributed by atoms with Crippen LogP contribution in [0.15, 0.2) is 6.20 Å². The van der Waals surface area contributed by atoms with Crippen LogP contribution in [0.5, 0.6) is 0 Å². The summed E-state index contributed by atoms with van der Waals surface area (Å²) in [5.41, 5.74) is 0.851. The van der Waals surface area contributed by atoms with Crippen LogP contribution in [0.1, 0.15) is 49.7 Å². The van der Waals surface area contributed by atoms with Gasteiger partial charge in [-0.15, -0.1) is 0 Å². The van der Waals surface area contributed by atoms with Crippen LogP contribution in [0.4, 0.5) is 13.2 Å². The third-order valence-electron chi connectivity index (χ3n) is 4.38. The summed E-state index contributed by atoms with van der Waals surface area (Å²) >= 11 is 0. The number of nitrogens with zero attached hydrogens (tertiary/aromatic N) is 3. The Morgan fingerprint density at radius 1 is 1.29 bits per heavy atom. The molecule has 1 aromatic rings. The van der Waals surface area contributed by atoms with Gasteiger partial charge in [-0.2, -0.15) is 18.3 Å². The van der Waals surface area contributed by atoms with Gasteiger partial charge in [-0.3, -0.25) is 9.48 Å². The molecular formula is C16H24F3N3O2. The smallest absolute Gasteiger partial charge is 0.383 e. The van der Waals surface area contributed by atoms with Gasteiger partial charge in [0.2, 0.25) is 0 Å². The molecule has 136 valence electrons. The Labute approximate surface area is 139 Å². The molecule has 1 unspecified atom stereocenters. The van der Waals surface area contributed by atoms with Gasteiger partial charge in [0, 0.05) is 31.7 Å². The highest BCUT2D eigenvalue weighted by atomic mass is 19.4. The van der Waals surface area contributed by atoms with E-state index < -0.39 is 18.2 Å². The topological polar surface area (TPSA) is 58.4 Å². The van der Waals surface area contributed by atoms with E-state index in [0.29, 0.717) is 11.3 Å². The maximum atomic E-state index is 12.7. The lowest BCUT2D eigenvalue weighted by atomic mass is 9.88. The Bertz CT molecular complexity index is 597. The molecule has 24 heavy (non-hydrogen) atoms. The van der Waals surface area contributed by atoms with Crippen molar-refractivity contribution < 1.29 is 23.1 Å². The number of carbonyl (C=O) groups excluding carboxylic acids is 1. The Balaban J connectivity index is 2.09. The number of likely N-dealkylation sites (tertiary alicyclic amines) is 1. The van der Waals surface area contributed by atoms with Crippen LogP contribution in [0.3, 0.4) is 0 Å². The molecule has 2 rings (SSSR count). The zero-order valence-electron chi connectivity index (χ0n) is 14.4. The summed E-state index contributed by atoms with van der Waals surface area (Å²) in [6, 6.07) is 0. The molecule has 1 aliphatic heterocycles. The normalized spacial score (nSPS) is 18.8. The van der Waals surface area contributed by atoms with Gasteiger partial charge in [0.25, 0.3) is 5.91 Å². The van der Waals surface area contributed by atoms with Crippen LogP contribution >= 0.6 is 0 Å². The summed E-state index contributed by atoms with van der Waals surface area (Å²) in [6.45, 7) is 6.28.